The highest BCUT2D eigenvalue weighted by Crippen LogP contribution is 2.14. The first kappa shape index (κ1) is 17.7. The summed E-state index contributed by atoms with van der Waals surface area (Å²) in [7, 11) is -1.05. The van der Waals surface area contributed by atoms with E-state index in [-0.39, 0.29) is 19.6 Å². The molecule has 0 saturated carbocycles. The van der Waals surface area contributed by atoms with Crippen molar-refractivity contribution in [2.75, 3.05) is 13.2 Å². The molecule has 0 aliphatic carbocycles. The fraction of sp³-hybridized carbons (Fsp3) is 0.533. The summed E-state index contributed by atoms with van der Waals surface area (Å²) in [6.45, 7) is 5.79. The molecule has 0 saturated heterocycles. The molecule has 0 amide bonds. The quantitative estimate of drug-likeness (QED) is 0.615. The summed E-state index contributed by atoms with van der Waals surface area (Å²) in [5.41, 5.74) is 2.10. The fourth-order valence-electron chi connectivity index (χ4n) is 1.84. The molecule has 0 spiro atoms. The van der Waals surface area contributed by atoms with Gasteiger partial charge in [0.2, 0.25) is 0 Å². The summed E-state index contributed by atoms with van der Waals surface area (Å²) in [5, 5.41) is 27.9. The van der Waals surface area contributed by atoms with E-state index in [1.54, 1.807) is 12.1 Å². The Labute approximate surface area is 125 Å². The Morgan fingerprint density at radius 1 is 1.38 bits per heavy atom. The molecule has 116 valence electrons. The predicted molar refractivity (Wildman–Crippen MR) is 81.6 cm³/mol. The summed E-state index contributed by atoms with van der Waals surface area (Å²) in [6.07, 6.45) is 0.555. The van der Waals surface area contributed by atoms with E-state index in [1.807, 2.05) is 26.8 Å². The van der Waals surface area contributed by atoms with Crippen molar-refractivity contribution in [1.82, 2.24) is 0 Å². The third-order valence-electron chi connectivity index (χ3n) is 3.32. The van der Waals surface area contributed by atoms with Crippen LogP contribution in [0, 0.1) is 12.3 Å². The molecule has 5 nitrogen and oxygen atoms in total. The van der Waals surface area contributed by atoms with Gasteiger partial charge in [-0.2, -0.15) is 0 Å². The Hall–Kier alpha value is -1.37. The normalized spacial score (nSPS) is 11.5. The zero-order valence-electron chi connectivity index (χ0n) is 12.8. The highest BCUT2D eigenvalue weighted by atomic mass is 16.5. The molecular formula is C15H23BO5. The van der Waals surface area contributed by atoms with Crippen LogP contribution in [0.4, 0.5) is 0 Å². The minimum atomic E-state index is -1.05. The van der Waals surface area contributed by atoms with Crippen LogP contribution in [0.5, 0.6) is 0 Å². The van der Waals surface area contributed by atoms with Crippen molar-refractivity contribution in [2.45, 2.75) is 33.6 Å². The van der Waals surface area contributed by atoms with Gasteiger partial charge < -0.3 is 19.9 Å². The van der Waals surface area contributed by atoms with Gasteiger partial charge in [0.25, 0.3) is 0 Å². The molecular weight excluding hydrogens is 271 g/mol. The van der Waals surface area contributed by atoms with Gasteiger partial charge >= 0.3 is 13.1 Å². The van der Waals surface area contributed by atoms with Gasteiger partial charge in [-0.3, -0.25) is 4.79 Å². The molecule has 0 aliphatic heterocycles. The molecule has 0 radical (unpaired) electrons. The number of aliphatic carboxylic acids is 1. The zero-order valence-corrected chi connectivity index (χ0v) is 12.8. The second-order valence-electron chi connectivity index (χ2n) is 6.07. The van der Waals surface area contributed by atoms with Crippen molar-refractivity contribution in [2.24, 2.45) is 5.41 Å². The summed E-state index contributed by atoms with van der Waals surface area (Å²) in [4.78, 5) is 10.6. The van der Waals surface area contributed by atoms with E-state index < -0.39 is 18.5 Å². The van der Waals surface area contributed by atoms with E-state index in [2.05, 4.69) is 0 Å². The summed E-state index contributed by atoms with van der Waals surface area (Å²) >= 11 is 0. The van der Waals surface area contributed by atoms with Gasteiger partial charge in [0.1, 0.15) is 0 Å². The Morgan fingerprint density at radius 2 is 2.05 bits per heavy atom. The van der Waals surface area contributed by atoms with E-state index in [1.165, 1.54) is 0 Å². The number of carboxylic acid groups (broad SMARTS) is 1. The number of hydrogen-bond acceptors (Lipinski definition) is 4. The molecule has 1 aromatic carbocycles. The molecule has 0 bridgehead atoms. The van der Waals surface area contributed by atoms with Crippen molar-refractivity contribution in [3.05, 3.63) is 29.3 Å². The van der Waals surface area contributed by atoms with Crippen LogP contribution in [0.3, 0.4) is 0 Å². The summed E-state index contributed by atoms with van der Waals surface area (Å²) < 4.78 is 5.38. The molecule has 0 fully saturated rings. The van der Waals surface area contributed by atoms with E-state index in [9.17, 15) is 9.82 Å². The number of aliphatic hydroxyl groups is 1. The van der Waals surface area contributed by atoms with Gasteiger partial charge in [0, 0.05) is 18.4 Å². The van der Waals surface area contributed by atoms with Gasteiger partial charge in [0.15, 0.2) is 0 Å². The third kappa shape index (κ3) is 5.87. The average Bonchev–Trinajstić information content (AvgIpc) is 2.43. The van der Waals surface area contributed by atoms with Gasteiger partial charge in [0.05, 0.1) is 6.61 Å². The van der Waals surface area contributed by atoms with E-state index in [0.717, 1.165) is 11.1 Å². The summed E-state index contributed by atoms with van der Waals surface area (Å²) in [6, 6.07) is 5.35. The van der Waals surface area contributed by atoms with Crippen LogP contribution in [0.15, 0.2) is 18.2 Å². The molecule has 6 heteroatoms. The number of carbonyl (C=O) groups is 1. The molecule has 1 aromatic rings. The second kappa shape index (κ2) is 7.59. The monoisotopic (exact) mass is 294 g/mol. The van der Waals surface area contributed by atoms with Crippen molar-refractivity contribution in [3.63, 3.8) is 0 Å². The Bertz CT molecular complexity index is 487. The van der Waals surface area contributed by atoms with Crippen LogP contribution < -0.4 is 5.46 Å². The van der Waals surface area contributed by atoms with Gasteiger partial charge in [-0.1, -0.05) is 32.0 Å². The van der Waals surface area contributed by atoms with Gasteiger partial charge in [-0.05, 0) is 29.9 Å². The maximum Gasteiger partial charge on any atom is 0.491 e. The molecule has 0 unspecified atom stereocenters. The zero-order chi connectivity index (χ0) is 16.0. The third-order valence-corrected chi connectivity index (χ3v) is 3.32. The highest BCUT2D eigenvalue weighted by molar-refractivity contribution is 6.60. The molecule has 3 N–H and O–H groups in total. The minimum Gasteiger partial charge on any atom is -0.481 e. The Morgan fingerprint density at radius 3 is 2.57 bits per heavy atom. The molecule has 1 rings (SSSR count). The fourth-order valence-corrected chi connectivity index (χ4v) is 1.84. The highest BCUT2D eigenvalue weighted by Gasteiger charge is 2.23. The lowest BCUT2D eigenvalue weighted by atomic mass is 9.77. The largest absolute Gasteiger partial charge is 0.491 e. The number of carboxylic acids is 1. The lowest BCUT2D eigenvalue weighted by Crippen LogP contribution is -2.38. The molecule has 21 heavy (non-hydrogen) atoms. The topological polar surface area (TPSA) is 87.0 Å². The number of hydrogen-bond donors (Lipinski definition) is 3. The Kier molecular flexibility index (Phi) is 6.39. The Balaban J connectivity index is 2.67. The maximum absolute atomic E-state index is 10.6. The lowest BCUT2D eigenvalue weighted by molar-refractivity contribution is -0.136. The molecule has 0 aliphatic rings. The standard InChI is InChI=1S/C15H23BO5/c1-11-8-13(6-4-12(11)5-7-14(18)19)16(20)21-10-15(2,3)9-17/h4,6,8,17,20H,5,7,9-10H2,1-3H3,(H,18,19). The SMILES string of the molecule is Cc1cc(B(O)OCC(C)(C)CO)ccc1CCC(=O)O. The second-order valence-corrected chi connectivity index (χ2v) is 6.07. The van der Waals surface area contributed by atoms with E-state index in [0.29, 0.717) is 11.9 Å². The van der Waals surface area contributed by atoms with Crippen LogP contribution in [0.2, 0.25) is 0 Å². The predicted octanol–water partition coefficient (Wildman–Crippen LogP) is 0.735. The van der Waals surface area contributed by atoms with Crippen LogP contribution in [0.1, 0.15) is 31.4 Å². The molecule has 0 heterocycles. The average molecular weight is 294 g/mol. The van der Waals surface area contributed by atoms with Crippen LogP contribution >= 0.6 is 0 Å². The van der Waals surface area contributed by atoms with Gasteiger partial charge in [-0.25, -0.2) is 0 Å². The van der Waals surface area contributed by atoms with Crippen molar-refractivity contribution in [3.8, 4) is 0 Å². The van der Waals surface area contributed by atoms with Crippen LogP contribution in [-0.2, 0) is 15.9 Å². The lowest BCUT2D eigenvalue weighted by Gasteiger charge is -2.22. The minimum absolute atomic E-state index is 0.0210. The number of benzene rings is 1. The summed E-state index contributed by atoms with van der Waals surface area (Å²) in [5.74, 6) is -0.826. The van der Waals surface area contributed by atoms with Crippen LogP contribution in [0.25, 0.3) is 0 Å². The van der Waals surface area contributed by atoms with Crippen molar-refractivity contribution < 1.29 is 24.7 Å². The first-order valence-electron chi connectivity index (χ1n) is 6.97. The number of rotatable bonds is 8. The number of aryl methyl sites for hydroxylation is 2. The van der Waals surface area contributed by atoms with E-state index >= 15 is 0 Å². The van der Waals surface area contributed by atoms with Gasteiger partial charge in [-0.15, -0.1) is 0 Å². The number of aliphatic hydroxyl groups excluding tert-OH is 1. The smallest absolute Gasteiger partial charge is 0.481 e. The first-order chi connectivity index (χ1) is 9.75. The van der Waals surface area contributed by atoms with Crippen LogP contribution in [-0.4, -0.2) is 41.5 Å². The molecule has 0 aromatic heterocycles. The van der Waals surface area contributed by atoms with Crippen molar-refractivity contribution >= 4 is 18.6 Å². The maximum atomic E-state index is 10.6. The van der Waals surface area contributed by atoms with Crippen molar-refractivity contribution in [1.29, 1.82) is 0 Å². The van der Waals surface area contributed by atoms with E-state index in [4.69, 9.17) is 14.9 Å². The molecule has 0 atom stereocenters. The first-order valence-corrected chi connectivity index (χ1v) is 6.97.